The fraction of sp³-hybridized carbons (Fsp3) is 0.583. The number of alkyl halides is 1. The van der Waals surface area contributed by atoms with E-state index in [-0.39, 0.29) is 11.7 Å². The van der Waals surface area contributed by atoms with E-state index in [0.717, 1.165) is 12.7 Å². The molecule has 1 aliphatic rings. The number of ether oxygens (including phenoxy) is 1. The van der Waals surface area contributed by atoms with Gasteiger partial charge >= 0.3 is 0 Å². The maximum absolute atomic E-state index is 12.9. The molecule has 0 saturated heterocycles. The van der Waals surface area contributed by atoms with Gasteiger partial charge in [0.2, 0.25) is 5.88 Å². The molecular formula is C12H16ClFN2O. The van der Waals surface area contributed by atoms with Crippen LogP contribution in [0.2, 0.25) is 0 Å². The smallest absolute Gasteiger partial charge is 0.217 e. The van der Waals surface area contributed by atoms with Crippen LogP contribution >= 0.6 is 11.6 Å². The fourth-order valence-corrected chi connectivity index (χ4v) is 1.87. The van der Waals surface area contributed by atoms with E-state index in [2.05, 4.69) is 16.9 Å². The van der Waals surface area contributed by atoms with Crippen molar-refractivity contribution in [2.24, 2.45) is 0 Å². The van der Waals surface area contributed by atoms with Gasteiger partial charge in [0.1, 0.15) is 12.4 Å². The van der Waals surface area contributed by atoms with Gasteiger partial charge in [-0.25, -0.2) is 9.37 Å². The van der Waals surface area contributed by atoms with Crippen molar-refractivity contribution >= 4 is 11.6 Å². The quantitative estimate of drug-likeness (QED) is 0.733. The summed E-state index contributed by atoms with van der Waals surface area (Å²) in [6, 6.07) is 2.08. The van der Waals surface area contributed by atoms with Crippen LogP contribution in [0.3, 0.4) is 0 Å². The Bertz CT molecular complexity index is 385. The Hall–Kier alpha value is -0.870. The molecule has 0 N–H and O–H groups in total. The maximum Gasteiger partial charge on any atom is 0.217 e. The van der Waals surface area contributed by atoms with Crippen LogP contribution in [0.1, 0.15) is 18.4 Å². The first-order valence-corrected chi connectivity index (χ1v) is 6.27. The maximum atomic E-state index is 12.9. The normalized spacial score (nSPS) is 15.3. The predicted octanol–water partition coefficient (Wildman–Crippen LogP) is 2.43. The number of likely N-dealkylation sites (N-methyl/N-ethyl adjacent to an activating group) is 1. The molecule has 3 nitrogen and oxygen atoms in total. The van der Waals surface area contributed by atoms with Gasteiger partial charge < -0.3 is 9.64 Å². The van der Waals surface area contributed by atoms with Crippen LogP contribution < -0.4 is 4.74 Å². The second-order valence-electron chi connectivity index (χ2n) is 4.31. The van der Waals surface area contributed by atoms with E-state index in [0.29, 0.717) is 24.1 Å². The third-order valence-corrected chi connectivity index (χ3v) is 3.18. The molecule has 0 spiro atoms. The number of hydrogen-bond donors (Lipinski definition) is 0. The summed E-state index contributed by atoms with van der Waals surface area (Å²) in [6.45, 7) is 1.40. The minimum absolute atomic E-state index is 0.207. The molecule has 1 aliphatic carbocycles. The first-order chi connectivity index (χ1) is 8.20. The molecule has 0 unspecified atom stereocenters. The highest BCUT2D eigenvalue weighted by atomic mass is 35.5. The van der Waals surface area contributed by atoms with Gasteiger partial charge in [0.25, 0.3) is 0 Å². The molecule has 0 bridgehead atoms. The predicted molar refractivity (Wildman–Crippen MR) is 64.9 cm³/mol. The van der Waals surface area contributed by atoms with Gasteiger partial charge in [0.05, 0.1) is 12.1 Å². The summed E-state index contributed by atoms with van der Waals surface area (Å²) in [5.41, 5.74) is 0.598. The minimum Gasteiger partial charge on any atom is -0.476 e. The number of hydrogen-bond acceptors (Lipinski definition) is 3. The zero-order valence-electron chi connectivity index (χ0n) is 9.83. The summed E-state index contributed by atoms with van der Waals surface area (Å²) in [6.07, 6.45) is 3.70. The van der Waals surface area contributed by atoms with Crippen LogP contribution in [0.5, 0.6) is 5.88 Å². The molecule has 0 atom stereocenters. The number of nitrogens with zero attached hydrogens (tertiary/aromatic N) is 2. The Morgan fingerprint density at radius 2 is 2.35 bits per heavy atom. The molecule has 1 saturated carbocycles. The van der Waals surface area contributed by atoms with E-state index in [1.54, 1.807) is 0 Å². The molecule has 1 fully saturated rings. The minimum atomic E-state index is -0.386. The lowest BCUT2D eigenvalue weighted by molar-refractivity contribution is 0.225. The summed E-state index contributed by atoms with van der Waals surface area (Å²) in [5.74, 6) is 0.257. The number of halogens is 2. The van der Waals surface area contributed by atoms with Crippen molar-refractivity contribution in [2.75, 3.05) is 20.2 Å². The van der Waals surface area contributed by atoms with Crippen LogP contribution in [-0.4, -0.2) is 36.1 Å². The molecule has 1 aromatic rings. The Labute approximate surface area is 106 Å². The van der Waals surface area contributed by atoms with E-state index in [1.165, 1.54) is 18.9 Å². The van der Waals surface area contributed by atoms with Crippen LogP contribution in [0.15, 0.2) is 12.3 Å². The highest BCUT2D eigenvalue weighted by Gasteiger charge is 2.25. The number of pyridine rings is 1. The van der Waals surface area contributed by atoms with Crippen molar-refractivity contribution in [1.82, 2.24) is 9.88 Å². The molecular weight excluding hydrogens is 243 g/mol. The van der Waals surface area contributed by atoms with Gasteiger partial charge in [-0.05, 0) is 26.0 Å². The summed E-state index contributed by atoms with van der Waals surface area (Å²) in [7, 11) is 2.08. The van der Waals surface area contributed by atoms with Gasteiger partial charge in [-0.15, -0.1) is 11.6 Å². The first kappa shape index (κ1) is 12.6. The number of rotatable bonds is 6. The molecule has 94 valence electrons. The second kappa shape index (κ2) is 5.65. The SMILES string of the molecule is CN(CCOc1ncc(F)cc1CCl)C1CC1. The monoisotopic (exact) mass is 258 g/mol. The van der Waals surface area contributed by atoms with E-state index in [9.17, 15) is 4.39 Å². The third-order valence-electron chi connectivity index (χ3n) is 2.89. The third kappa shape index (κ3) is 3.54. The van der Waals surface area contributed by atoms with E-state index < -0.39 is 0 Å². The Balaban J connectivity index is 1.85. The molecule has 1 heterocycles. The summed E-state index contributed by atoms with van der Waals surface area (Å²) < 4.78 is 18.4. The molecule has 0 amide bonds. The lowest BCUT2D eigenvalue weighted by Crippen LogP contribution is -2.26. The van der Waals surface area contributed by atoms with Crippen LogP contribution in [0.4, 0.5) is 4.39 Å². The van der Waals surface area contributed by atoms with Gasteiger partial charge in [-0.3, -0.25) is 0 Å². The van der Waals surface area contributed by atoms with Gasteiger partial charge in [-0.2, -0.15) is 0 Å². The summed E-state index contributed by atoms with van der Waals surface area (Å²) >= 11 is 5.71. The second-order valence-corrected chi connectivity index (χ2v) is 4.58. The standard InChI is InChI=1S/C12H16ClFN2O/c1-16(11-2-3-11)4-5-17-12-9(7-13)6-10(14)8-15-12/h6,8,11H,2-5,7H2,1H3. The van der Waals surface area contributed by atoms with Crippen molar-refractivity contribution < 1.29 is 9.13 Å². The Morgan fingerprint density at radius 3 is 3.00 bits per heavy atom. The Kier molecular flexibility index (Phi) is 4.18. The van der Waals surface area contributed by atoms with Crippen molar-refractivity contribution in [2.45, 2.75) is 24.8 Å². The molecule has 5 heteroatoms. The lowest BCUT2D eigenvalue weighted by Gasteiger charge is -2.16. The van der Waals surface area contributed by atoms with E-state index in [4.69, 9.17) is 16.3 Å². The van der Waals surface area contributed by atoms with Gasteiger partial charge in [0.15, 0.2) is 0 Å². The van der Waals surface area contributed by atoms with Crippen molar-refractivity contribution in [3.8, 4) is 5.88 Å². The molecule has 2 rings (SSSR count). The summed E-state index contributed by atoms with van der Waals surface area (Å²) in [4.78, 5) is 6.17. The average molecular weight is 259 g/mol. The van der Waals surface area contributed by atoms with Crippen molar-refractivity contribution in [1.29, 1.82) is 0 Å². The van der Waals surface area contributed by atoms with Gasteiger partial charge in [-0.1, -0.05) is 0 Å². The van der Waals surface area contributed by atoms with E-state index in [1.807, 2.05) is 0 Å². The molecule has 1 aromatic heterocycles. The van der Waals surface area contributed by atoms with Crippen molar-refractivity contribution in [3.05, 3.63) is 23.6 Å². The lowest BCUT2D eigenvalue weighted by atomic mass is 10.3. The Morgan fingerprint density at radius 1 is 1.59 bits per heavy atom. The molecule has 0 aromatic carbocycles. The average Bonchev–Trinajstić information content (AvgIpc) is 3.14. The summed E-state index contributed by atoms with van der Waals surface area (Å²) in [5, 5.41) is 0. The van der Waals surface area contributed by atoms with Crippen molar-refractivity contribution in [3.63, 3.8) is 0 Å². The van der Waals surface area contributed by atoms with Crippen LogP contribution in [0, 0.1) is 5.82 Å². The van der Waals surface area contributed by atoms with Crippen LogP contribution in [0.25, 0.3) is 0 Å². The molecule has 0 radical (unpaired) electrons. The van der Waals surface area contributed by atoms with Gasteiger partial charge in [0, 0.05) is 18.2 Å². The topological polar surface area (TPSA) is 25.4 Å². The highest BCUT2D eigenvalue weighted by Crippen LogP contribution is 2.25. The highest BCUT2D eigenvalue weighted by molar-refractivity contribution is 6.17. The fourth-order valence-electron chi connectivity index (χ4n) is 1.68. The largest absolute Gasteiger partial charge is 0.476 e. The molecule has 0 aliphatic heterocycles. The zero-order chi connectivity index (χ0) is 12.3. The molecule has 17 heavy (non-hydrogen) atoms. The van der Waals surface area contributed by atoms with E-state index >= 15 is 0 Å². The zero-order valence-corrected chi connectivity index (χ0v) is 10.6. The van der Waals surface area contributed by atoms with Crippen LogP contribution in [-0.2, 0) is 5.88 Å². The first-order valence-electron chi connectivity index (χ1n) is 5.74. The number of aromatic nitrogens is 1.